The molecule has 0 atom stereocenters. The van der Waals surface area contributed by atoms with E-state index in [0.29, 0.717) is 25.0 Å². The summed E-state index contributed by atoms with van der Waals surface area (Å²) >= 11 is 0. The van der Waals surface area contributed by atoms with Crippen molar-refractivity contribution in [3.05, 3.63) is 0 Å². The summed E-state index contributed by atoms with van der Waals surface area (Å²) in [7, 11) is 0. The Morgan fingerprint density at radius 3 is 2.59 bits per heavy atom. The van der Waals surface area contributed by atoms with Gasteiger partial charge in [-0.3, -0.25) is 9.69 Å². The fraction of sp³-hybridized carbons (Fsp3) is 0.846. The summed E-state index contributed by atoms with van der Waals surface area (Å²) < 4.78 is 0. The highest BCUT2D eigenvalue weighted by Crippen LogP contribution is 2.26. The summed E-state index contributed by atoms with van der Waals surface area (Å²) in [4.78, 5) is 14.0. The van der Waals surface area contributed by atoms with E-state index in [9.17, 15) is 4.79 Å². The molecule has 0 bridgehead atoms. The van der Waals surface area contributed by atoms with Crippen LogP contribution in [0.25, 0.3) is 0 Å². The Balaban J connectivity index is 2.33. The van der Waals surface area contributed by atoms with Crippen molar-refractivity contribution in [1.82, 2.24) is 10.2 Å². The minimum atomic E-state index is 0.100. The van der Waals surface area contributed by atoms with Crippen molar-refractivity contribution >= 4 is 5.91 Å². The highest BCUT2D eigenvalue weighted by Gasteiger charge is 2.29. The number of rotatable bonds is 8. The number of amides is 1. The van der Waals surface area contributed by atoms with Gasteiger partial charge in [-0.05, 0) is 25.7 Å². The van der Waals surface area contributed by atoms with E-state index in [4.69, 9.17) is 5.26 Å². The van der Waals surface area contributed by atoms with E-state index >= 15 is 0 Å². The summed E-state index contributed by atoms with van der Waals surface area (Å²) in [6.07, 6.45) is 4.80. The number of carbonyl (C=O) groups excluding carboxylic acids is 1. The minimum Gasteiger partial charge on any atom is -0.352 e. The number of nitriles is 1. The molecule has 0 aromatic heterocycles. The third kappa shape index (κ3) is 5.18. The second-order valence-corrected chi connectivity index (χ2v) is 4.69. The number of nitrogens with zero attached hydrogens (tertiary/aromatic N) is 2. The molecule has 0 spiro atoms. The zero-order valence-corrected chi connectivity index (χ0v) is 10.9. The first-order valence-electron chi connectivity index (χ1n) is 6.61. The Morgan fingerprint density at radius 2 is 2.12 bits per heavy atom. The lowest BCUT2D eigenvalue weighted by atomic mass is 10.2. The smallest absolute Gasteiger partial charge is 0.234 e. The number of carbonyl (C=O) groups is 1. The van der Waals surface area contributed by atoms with Gasteiger partial charge in [0.05, 0.1) is 12.6 Å². The van der Waals surface area contributed by atoms with Crippen LogP contribution in [0, 0.1) is 11.3 Å². The van der Waals surface area contributed by atoms with Crippen molar-refractivity contribution in [2.75, 3.05) is 13.1 Å². The molecule has 4 heteroatoms. The summed E-state index contributed by atoms with van der Waals surface area (Å²) in [5.41, 5.74) is 0. The second-order valence-electron chi connectivity index (χ2n) is 4.69. The molecule has 0 aromatic rings. The Kier molecular flexibility index (Phi) is 5.99. The van der Waals surface area contributed by atoms with Gasteiger partial charge in [0.15, 0.2) is 0 Å². The molecule has 17 heavy (non-hydrogen) atoms. The van der Waals surface area contributed by atoms with Crippen molar-refractivity contribution in [1.29, 1.82) is 5.26 Å². The van der Waals surface area contributed by atoms with E-state index in [1.807, 2.05) is 0 Å². The lowest BCUT2D eigenvalue weighted by Gasteiger charge is -2.22. The maximum atomic E-state index is 11.8. The maximum absolute atomic E-state index is 11.8. The number of hydrogen-bond acceptors (Lipinski definition) is 3. The van der Waals surface area contributed by atoms with Crippen LogP contribution in [0.2, 0.25) is 0 Å². The summed E-state index contributed by atoms with van der Waals surface area (Å²) in [6.45, 7) is 5.34. The fourth-order valence-electron chi connectivity index (χ4n) is 1.97. The van der Waals surface area contributed by atoms with Crippen LogP contribution in [0.5, 0.6) is 0 Å². The molecule has 0 unspecified atom stereocenters. The van der Waals surface area contributed by atoms with Gasteiger partial charge in [0.25, 0.3) is 0 Å². The molecule has 1 aliphatic carbocycles. The van der Waals surface area contributed by atoms with Crippen LogP contribution in [0.3, 0.4) is 0 Å². The predicted octanol–water partition coefficient (Wildman–Crippen LogP) is 1.67. The second kappa shape index (κ2) is 7.29. The quantitative estimate of drug-likeness (QED) is 0.698. The molecule has 1 saturated carbocycles. The SMILES string of the molecule is CCC(CC)NC(=O)CN(CCC#N)C1CC1. The van der Waals surface area contributed by atoms with E-state index < -0.39 is 0 Å². The molecule has 4 nitrogen and oxygen atoms in total. The van der Waals surface area contributed by atoms with Gasteiger partial charge in [0.1, 0.15) is 0 Å². The van der Waals surface area contributed by atoms with Crippen LogP contribution < -0.4 is 5.32 Å². The Morgan fingerprint density at radius 1 is 1.47 bits per heavy atom. The molecule has 1 fully saturated rings. The molecule has 0 aliphatic heterocycles. The van der Waals surface area contributed by atoms with Crippen molar-refractivity contribution in [3.8, 4) is 6.07 Å². The largest absolute Gasteiger partial charge is 0.352 e. The molecule has 1 aliphatic rings. The highest BCUT2D eigenvalue weighted by molar-refractivity contribution is 5.78. The van der Waals surface area contributed by atoms with Crippen LogP contribution in [0.4, 0.5) is 0 Å². The summed E-state index contributed by atoms with van der Waals surface area (Å²) in [5.74, 6) is 0.100. The molecular weight excluding hydrogens is 214 g/mol. The molecule has 0 aromatic carbocycles. The molecule has 1 N–H and O–H groups in total. The zero-order chi connectivity index (χ0) is 12.7. The first kappa shape index (κ1) is 14.0. The first-order valence-corrected chi connectivity index (χ1v) is 6.61. The molecule has 0 radical (unpaired) electrons. The molecular formula is C13H23N3O. The fourth-order valence-corrected chi connectivity index (χ4v) is 1.97. The summed E-state index contributed by atoms with van der Waals surface area (Å²) in [6, 6.07) is 2.97. The van der Waals surface area contributed by atoms with Gasteiger partial charge in [0, 0.05) is 25.0 Å². The average Bonchev–Trinajstić information content (AvgIpc) is 3.15. The average molecular weight is 237 g/mol. The maximum Gasteiger partial charge on any atom is 0.234 e. The third-order valence-corrected chi connectivity index (χ3v) is 3.27. The van der Waals surface area contributed by atoms with Crippen LogP contribution in [0.1, 0.15) is 46.0 Å². The van der Waals surface area contributed by atoms with E-state index in [1.54, 1.807) is 0 Å². The Bertz CT molecular complexity index is 277. The van der Waals surface area contributed by atoms with Gasteiger partial charge >= 0.3 is 0 Å². The number of hydrogen-bond donors (Lipinski definition) is 1. The van der Waals surface area contributed by atoms with Gasteiger partial charge in [-0.2, -0.15) is 5.26 Å². The van der Waals surface area contributed by atoms with Crippen LogP contribution in [-0.4, -0.2) is 36.0 Å². The molecule has 1 amide bonds. The molecule has 96 valence electrons. The van der Waals surface area contributed by atoms with Gasteiger partial charge < -0.3 is 5.32 Å². The van der Waals surface area contributed by atoms with Crippen LogP contribution >= 0.6 is 0 Å². The lowest BCUT2D eigenvalue weighted by Crippen LogP contribution is -2.42. The van der Waals surface area contributed by atoms with Crippen molar-refractivity contribution in [2.24, 2.45) is 0 Å². The van der Waals surface area contributed by atoms with Gasteiger partial charge in [-0.25, -0.2) is 0 Å². The van der Waals surface area contributed by atoms with Crippen molar-refractivity contribution < 1.29 is 4.79 Å². The minimum absolute atomic E-state index is 0.100. The normalized spacial score (nSPS) is 15.0. The van der Waals surface area contributed by atoms with E-state index in [2.05, 4.69) is 30.1 Å². The third-order valence-electron chi connectivity index (χ3n) is 3.27. The van der Waals surface area contributed by atoms with Gasteiger partial charge in [-0.1, -0.05) is 13.8 Å². The predicted molar refractivity (Wildman–Crippen MR) is 67.3 cm³/mol. The topological polar surface area (TPSA) is 56.1 Å². The monoisotopic (exact) mass is 237 g/mol. The first-order chi connectivity index (χ1) is 8.21. The number of nitrogens with one attached hydrogen (secondary N) is 1. The van der Waals surface area contributed by atoms with Crippen molar-refractivity contribution in [2.45, 2.75) is 58.0 Å². The molecule has 0 heterocycles. The van der Waals surface area contributed by atoms with Gasteiger partial charge in [0.2, 0.25) is 5.91 Å². The van der Waals surface area contributed by atoms with Gasteiger partial charge in [-0.15, -0.1) is 0 Å². The lowest BCUT2D eigenvalue weighted by molar-refractivity contribution is -0.123. The van der Waals surface area contributed by atoms with Crippen molar-refractivity contribution in [3.63, 3.8) is 0 Å². The standard InChI is InChI=1S/C13H23N3O/c1-3-11(4-2)15-13(17)10-16(9-5-8-14)12-6-7-12/h11-12H,3-7,9-10H2,1-2H3,(H,15,17). The van der Waals surface area contributed by atoms with E-state index in [0.717, 1.165) is 19.4 Å². The highest BCUT2D eigenvalue weighted by atomic mass is 16.2. The Labute approximate surface area is 104 Å². The van der Waals surface area contributed by atoms with E-state index in [-0.39, 0.29) is 5.91 Å². The zero-order valence-electron chi connectivity index (χ0n) is 10.9. The van der Waals surface area contributed by atoms with Crippen LogP contribution in [-0.2, 0) is 4.79 Å². The molecule has 0 saturated heterocycles. The molecule has 1 rings (SSSR count). The summed E-state index contributed by atoms with van der Waals surface area (Å²) in [5, 5.41) is 11.6. The van der Waals surface area contributed by atoms with Crippen LogP contribution in [0.15, 0.2) is 0 Å². The Hall–Kier alpha value is -1.08. The van der Waals surface area contributed by atoms with E-state index in [1.165, 1.54) is 12.8 Å².